The van der Waals surface area contributed by atoms with Crippen molar-refractivity contribution < 1.29 is 14.4 Å². The third-order valence-electron chi connectivity index (χ3n) is 10.9. The van der Waals surface area contributed by atoms with E-state index >= 15 is 0 Å². The number of amidine groups is 1. The molecule has 1 saturated carbocycles. The lowest BCUT2D eigenvalue weighted by atomic mass is 9.77. The maximum Gasteiger partial charge on any atom is 0.228 e. The van der Waals surface area contributed by atoms with Crippen molar-refractivity contribution in [2.75, 3.05) is 38.7 Å². The molecule has 50 heavy (non-hydrogen) atoms. The summed E-state index contributed by atoms with van der Waals surface area (Å²) >= 11 is 0. The third kappa shape index (κ3) is 9.06. The van der Waals surface area contributed by atoms with Crippen LogP contribution in [0.1, 0.15) is 78.4 Å². The van der Waals surface area contributed by atoms with Gasteiger partial charge in [-0.15, -0.1) is 5.11 Å². The lowest BCUT2D eigenvalue weighted by Gasteiger charge is -2.28. The average molecular weight is 675 g/mol. The standard InChI is InChI=1S/C41H50N6O3/c1-27-21-34(38(48)23-29-17-19-47(2)20-18-29)13-16-37(27)31-7-3-28(4-8-31)22-35(24-39(49)32-9-5-30(25-42)6-10-32)41(50)45-36-14-11-33(12-15-36)40-43-26-44-46-40/h3-4,7-8,11-16,21,29-30,32,35H,5-6,9-10,17-20,22-26,42H2,1-2H3,(H,45,50)/t30?,32?,35-/m1/s1. The number of nitrogens with zero attached hydrogens (tertiary/aromatic N) is 4. The first-order chi connectivity index (χ1) is 24.2. The number of azo groups is 1. The highest BCUT2D eigenvalue weighted by Crippen LogP contribution is 2.32. The number of aliphatic imine (C=N–C) groups is 1. The number of carbonyl (C=O) groups excluding carboxylic acids is 3. The van der Waals surface area contributed by atoms with Crippen LogP contribution in [0.15, 0.2) is 82.0 Å². The van der Waals surface area contributed by atoms with E-state index in [2.05, 4.69) is 63.7 Å². The van der Waals surface area contributed by atoms with Gasteiger partial charge < -0.3 is 16.0 Å². The second-order valence-corrected chi connectivity index (χ2v) is 14.6. The van der Waals surface area contributed by atoms with E-state index in [1.165, 1.54) is 0 Å². The van der Waals surface area contributed by atoms with Crippen molar-refractivity contribution in [3.05, 3.63) is 89.0 Å². The summed E-state index contributed by atoms with van der Waals surface area (Å²) in [5.41, 5.74) is 12.4. The molecule has 0 radical (unpaired) electrons. The van der Waals surface area contributed by atoms with Crippen molar-refractivity contribution in [3.63, 3.8) is 0 Å². The van der Waals surface area contributed by atoms with E-state index < -0.39 is 5.92 Å². The van der Waals surface area contributed by atoms with Crippen LogP contribution in [0.4, 0.5) is 5.69 Å². The van der Waals surface area contributed by atoms with Crippen LogP contribution in [0.3, 0.4) is 0 Å². The average Bonchev–Trinajstić information content (AvgIpc) is 3.68. The Balaban J connectivity index is 1.13. The quantitative estimate of drug-likeness (QED) is 0.184. The summed E-state index contributed by atoms with van der Waals surface area (Å²) in [5, 5.41) is 11.0. The minimum Gasteiger partial charge on any atom is -0.330 e. The highest BCUT2D eigenvalue weighted by molar-refractivity contribution is 6.01. The topological polar surface area (TPSA) is 130 Å². The fourth-order valence-corrected chi connectivity index (χ4v) is 7.62. The largest absolute Gasteiger partial charge is 0.330 e. The molecule has 3 N–H and O–H groups in total. The van der Waals surface area contributed by atoms with Crippen LogP contribution in [-0.4, -0.2) is 61.6 Å². The van der Waals surface area contributed by atoms with Crippen molar-refractivity contribution in [3.8, 4) is 11.1 Å². The third-order valence-corrected chi connectivity index (χ3v) is 10.9. The zero-order valence-corrected chi connectivity index (χ0v) is 29.4. The molecule has 0 bridgehead atoms. The monoisotopic (exact) mass is 674 g/mol. The van der Waals surface area contributed by atoms with Crippen LogP contribution in [0.5, 0.6) is 0 Å². The Morgan fingerprint density at radius 2 is 1.58 bits per heavy atom. The lowest BCUT2D eigenvalue weighted by molar-refractivity contribution is -0.129. The number of piperidine rings is 1. The van der Waals surface area contributed by atoms with Gasteiger partial charge in [0.15, 0.2) is 18.3 Å². The van der Waals surface area contributed by atoms with Gasteiger partial charge in [0.25, 0.3) is 0 Å². The Morgan fingerprint density at radius 3 is 2.22 bits per heavy atom. The Hall–Kier alpha value is -4.34. The maximum absolute atomic E-state index is 13.8. The molecule has 9 heteroatoms. The van der Waals surface area contributed by atoms with Gasteiger partial charge in [-0.25, -0.2) is 4.99 Å². The number of likely N-dealkylation sites (tertiary alicyclic amines) is 1. The van der Waals surface area contributed by atoms with Gasteiger partial charge in [-0.1, -0.05) is 36.4 Å². The van der Waals surface area contributed by atoms with Crippen molar-refractivity contribution in [1.29, 1.82) is 0 Å². The van der Waals surface area contributed by atoms with Crippen LogP contribution >= 0.6 is 0 Å². The molecule has 1 saturated heterocycles. The number of amides is 1. The van der Waals surface area contributed by atoms with Gasteiger partial charge in [0.1, 0.15) is 5.78 Å². The number of rotatable bonds is 13. The molecule has 1 amide bonds. The molecule has 0 spiro atoms. The van der Waals surface area contributed by atoms with Crippen molar-refractivity contribution >= 4 is 29.0 Å². The van der Waals surface area contributed by atoms with Crippen LogP contribution in [-0.2, 0) is 16.0 Å². The van der Waals surface area contributed by atoms with E-state index in [1.54, 1.807) is 0 Å². The Bertz CT molecular complexity index is 1720. The van der Waals surface area contributed by atoms with E-state index in [0.29, 0.717) is 49.4 Å². The second-order valence-electron chi connectivity index (χ2n) is 14.6. The Labute approximate surface area is 295 Å². The maximum atomic E-state index is 13.8. The number of Topliss-reactive ketones (excluding diaryl/α,β-unsaturated/α-hetero) is 2. The first kappa shape index (κ1) is 35.5. The molecule has 2 fully saturated rings. The smallest absolute Gasteiger partial charge is 0.228 e. The number of hydrogen-bond donors (Lipinski definition) is 2. The molecule has 3 aromatic rings. The number of nitrogens with two attached hydrogens (primary N) is 1. The molecular weight excluding hydrogens is 624 g/mol. The van der Waals surface area contributed by atoms with Gasteiger partial charge in [0.05, 0.1) is 0 Å². The lowest BCUT2D eigenvalue weighted by Crippen LogP contribution is -2.31. The summed E-state index contributed by atoms with van der Waals surface area (Å²) < 4.78 is 0. The summed E-state index contributed by atoms with van der Waals surface area (Å²) in [7, 11) is 2.14. The molecule has 0 unspecified atom stereocenters. The fraction of sp³-hybridized carbons (Fsp3) is 0.463. The number of benzene rings is 3. The summed E-state index contributed by atoms with van der Waals surface area (Å²) in [6.07, 6.45) is 7.04. The summed E-state index contributed by atoms with van der Waals surface area (Å²) in [6, 6.07) is 21.7. The van der Waals surface area contributed by atoms with Gasteiger partial charge in [0.2, 0.25) is 5.91 Å². The zero-order valence-electron chi connectivity index (χ0n) is 29.4. The molecule has 2 heterocycles. The molecule has 0 aromatic heterocycles. The zero-order chi connectivity index (χ0) is 35.0. The molecule has 1 aliphatic carbocycles. The highest BCUT2D eigenvalue weighted by Gasteiger charge is 2.30. The predicted octanol–water partition coefficient (Wildman–Crippen LogP) is 7.27. The first-order valence-corrected chi connectivity index (χ1v) is 18.2. The summed E-state index contributed by atoms with van der Waals surface area (Å²) in [4.78, 5) is 47.0. The van der Waals surface area contributed by atoms with Gasteiger partial charge >= 0.3 is 0 Å². The molecular formula is C41H50N6O3. The summed E-state index contributed by atoms with van der Waals surface area (Å²) in [6.45, 7) is 5.17. The molecule has 9 nitrogen and oxygen atoms in total. The fourth-order valence-electron chi connectivity index (χ4n) is 7.62. The number of carbonyl (C=O) groups is 3. The molecule has 3 aliphatic rings. The predicted molar refractivity (Wildman–Crippen MR) is 198 cm³/mol. The SMILES string of the molecule is Cc1cc(C(=O)CC2CCN(C)CC2)ccc1-c1ccc(C[C@H](CC(=O)C2CCC(CN)CC2)C(=O)Nc2ccc(C3=NCN=N3)cc2)cc1. The molecule has 2 aliphatic heterocycles. The normalized spacial score (nSPS) is 20.3. The minimum atomic E-state index is -0.509. The number of aryl methyl sites for hydroxylation is 1. The van der Waals surface area contributed by atoms with Crippen LogP contribution in [0.25, 0.3) is 11.1 Å². The van der Waals surface area contributed by atoms with E-state index in [4.69, 9.17) is 5.73 Å². The molecule has 1 atom stereocenters. The molecule has 6 rings (SSSR count). The summed E-state index contributed by atoms with van der Waals surface area (Å²) in [5.74, 6) is 1.23. The van der Waals surface area contributed by atoms with E-state index in [-0.39, 0.29) is 29.8 Å². The van der Waals surface area contributed by atoms with Gasteiger partial charge in [0, 0.05) is 41.5 Å². The molecule has 262 valence electrons. The minimum absolute atomic E-state index is 0.0155. The van der Waals surface area contributed by atoms with Crippen molar-refractivity contribution in [1.82, 2.24) is 4.90 Å². The highest BCUT2D eigenvalue weighted by atomic mass is 16.2. The first-order valence-electron chi connectivity index (χ1n) is 18.2. The Kier molecular flexibility index (Phi) is 11.8. The molecule has 3 aromatic carbocycles. The van der Waals surface area contributed by atoms with E-state index in [0.717, 1.165) is 85.0 Å². The number of ketones is 2. The van der Waals surface area contributed by atoms with Gasteiger partial charge in [-0.05, 0) is 143 Å². The number of nitrogens with one attached hydrogen (secondary N) is 1. The van der Waals surface area contributed by atoms with Gasteiger partial charge in [-0.3, -0.25) is 14.4 Å². The van der Waals surface area contributed by atoms with Crippen molar-refractivity contribution in [2.45, 2.75) is 64.7 Å². The Morgan fingerprint density at radius 1 is 0.880 bits per heavy atom. The number of hydrogen-bond acceptors (Lipinski definition) is 8. The number of anilines is 1. The van der Waals surface area contributed by atoms with Gasteiger partial charge in [-0.2, -0.15) is 5.11 Å². The van der Waals surface area contributed by atoms with Crippen LogP contribution in [0.2, 0.25) is 0 Å². The van der Waals surface area contributed by atoms with Crippen LogP contribution in [0, 0.1) is 30.6 Å². The van der Waals surface area contributed by atoms with E-state index in [9.17, 15) is 14.4 Å². The second kappa shape index (κ2) is 16.6. The van der Waals surface area contributed by atoms with E-state index in [1.807, 2.05) is 42.5 Å². The van der Waals surface area contributed by atoms with Crippen molar-refractivity contribution in [2.24, 2.45) is 44.6 Å². The van der Waals surface area contributed by atoms with Crippen LogP contribution < -0.4 is 11.1 Å².